The number of methoxy groups -OCH3 is 1. The summed E-state index contributed by atoms with van der Waals surface area (Å²) in [5, 5.41) is 13.7. The summed E-state index contributed by atoms with van der Waals surface area (Å²) in [6.07, 6.45) is 0. The van der Waals surface area contributed by atoms with Crippen molar-refractivity contribution in [3.63, 3.8) is 0 Å². The molecule has 1 aromatic carbocycles. The zero-order chi connectivity index (χ0) is 15.5. The highest BCUT2D eigenvalue weighted by Crippen LogP contribution is 2.16. The number of nitriles is 1. The number of carbonyl (C=O) groups excluding carboxylic acids is 1. The van der Waals surface area contributed by atoms with Crippen LogP contribution in [0.15, 0.2) is 18.2 Å². The van der Waals surface area contributed by atoms with E-state index in [1.165, 1.54) is 12.1 Å². The Kier molecular flexibility index (Phi) is 7.79. The molecule has 0 spiro atoms. The van der Waals surface area contributed by atoms with Crippen molar-refractivity contribution in [3.05, 3.63) is 29.6 Å². The van der Waals surface area contributed by atoms with Gasteiger partial charge in [0.1, 0.15) is 18.1 Å². The van der Waals surface area contributed by atoms with Gasteiger partial charge >= 0.3 is 0 Å². The molecule has 2 N–H and O–H groups in total. The molecule has 7 heteroatoms. The van der Waals surface area contributed by atoms with Gasteiger partial charge in [-0.3, -0.25) is 4.79 Å². The number of nitrogens with one attached hydrogen (secondary N) is 2. The summed E-state index contributed by atoms with van der Waals surface area (Å²) in [4.78, 5) is 11.3. The van der Waals surface area contributed by atoms with Crippen LogP contribution in [0.25, 0.3) is 0 Å². The summed E-state index contributed by atoms with van der Waals surface area (Å²) < 4.78 is 23.5. The van der Waals surface area contributed by atoms with Crippen LogP contribution in [-0.4, -0.2) is 39.3 Å². The van der Waals surface area contributed by atoms with Crippen LogP contribution >= 0.6 is 0 Å². The van der Waals surface area contributed by atoms with Gasteiger partial charge in [0.25, 0.3) is 5.91 Å². The molecule has 0 fully saturated rings. The molecule has 0 heterocycles. The molecule has 0 aliphatic rings. The number of ether oxygens (including phenoxy) is 2. The maximum absolute atomic E-state index is 13.5. The molecule has 0 aliphatic heterocycles. The third kappa shape index (κ3) is 7.25. The van der Waals surface area contributed by atoms with Crippen molar-refractivity contribution < 1.29 is 18.7 Å². The molecule has 0 saturated carbocycles. The molecule has 114 valence electrons. The minimum atomic E-state index is -0.437. The van der Waals surface area contributed by atoms with Gasteiger partial charge in [-0.05, 0) is 17.7 Å². The summed E-state index contributed by atoms with van der Waals surface area (Å²) in [5.41, 5.74) is 0.707. The second-order valence-corrected chi connectivity index (χ2v) is 4.19. The molecule has 0 aromatic heterocycles. The zero-order valence-corrected chi connectivity index (χ0v) is 11.8. The Labute approximate surface area is 122 Å². The van der Waals surface area contributed by atoms with Crippen molar-refractivity contribution in [2.45, 2.75) is 6.54 Å². The van der Waals surface area contributed by atoms with Crippen molar-refractivity contribution in [2.75, 3.05) is 33.4 Å². The molecule has 0 saturated heterocycles. The van der Waals surface area contributed by atoms with Crippen molar-refractivity contribution in [3.8, 4) is 11.8 Å². The van der Waals surface area contributed by atoms with Gasteiger partial charge in [0, 0.05) is 26.3 Å². The standard InChI is InChI=1S/C14H18FN3O3/c1-20-5-4-17-9-11-6-12(15)8-13(7-11)21-10-14(19)18-3-2-16/h6-8,17H,3-5,9-10H2,1H3,(H,18,19). The Bertz CT molecular complexity index is 503. The molecule has 21 heavy (non-hydrogen) atoms. The average molecular weight is 295 g/mol. The first-order valence-corrected chi connectivity index (χ1v) is 6.41. The number of hydrogen-bond donors (Lipinski definition) is 2. The van der Waals surface area contributed by atoms with Gasteiger partial charge in [0.15, 0.2) is 6.61 Å². The summed E-state index contributed by atoms with van der Waals surface area (Å²) in [6, 6.07) is 6.03. The van der Waals surface area contributed by atoms with Gasteiger partial charge in [-0.2, -0.15) is 5.26 Å². The van der Waals surface area contributed by atoms with Crippen molar-refractivity contribution in [2.24, 2.45) is 0 Å². The Balaban J connectivity index is 2.49. The normalized spacial score (nSPS) is 9.95. The number of benzene rings is 1. The highest BCUT2D eigenvalue weighted by Gasteiger charge is 2.05. The second kappa shape index (κ2) is 9.69. The third-order valence-corrected chi connectivity index (χ3v) is 2.48. The molecule has 1 rings (SSSR count). The minimum Gasteiger partial charge on any atom is -0.484 e. The zero-order valence-electron chi connectivity index (χ0n) is 11.8. The van der Waals surface area contributed by atoms with Crippen LogP contribution in [0, 0.1) is 17.1 Å². The van der Waals surface area contributed by atoms with E-state index in [4.69, 9.17) is 14.7 Å². The summed E-state index contributed by atoms with van der Waals surface area (Å²) in [7, 11) is 1.60. The molecule has 0 bridgehead atoms. The van der Waals surface area contributed by atoms with Crippen molar-refractivity contribution >= 4 is 5.91 Å². The largest absolute Gasteiger partial charge is 0.484 e. The van der Waals surface area contributed by atoms with E-state index in [9.17, 15) is 9.18 Å². The second-order valence-electron chi connectivity index (χ2n) is 4.19. The highest BCUT2D eigenvalue weighted by atomic mass is 19.1. The summed E-state index contributed by atoms with van der Waals surface area (Å²) in [6.45, 7) is 1.34. The van der Waals surface area contributed by atoms with Crippen LogP contribution in [0.2, 0.25) is 0 Å². The van der Waals surface area contributed by atoms with Crippen LogP contribution in [0.5, 0.6) is 5.75 Å². The Morgan fingerprint density at radius 1 is 1.43 bits per heavy atom. The number of halogens is 1. The van der Waals surface area contributed by atoms with Crippen molar-refractivity contribution in [1.82, 2.24) is 10.6 Å². The molecule has 0 unspecified atom stereocenters. The summed E-state index contributed by atoms with van der Waals surface area (Å²) in [5.74, 6) is -0.597. The van der Waals surface area contributed by atoms with Crippen LogP contribution < -0.4 is 15.4 Å². The van der Waals surface area contributed by atoms with Gasteiger partial charge in [0.2, 0.25) is 0 Å². The molecule has 1 aromatic rings. The topological polar surface area (TPSA) is 83.4 Å². The van der Waals surface area contributed by atoms with E-state index >= 15 is 0 Å². The smallest absolute Gasteiger partial charge is 0.258 e. The Hall–Kier alpha value is -2.17. The quantitative estimate of drug-likeness (QED) is 0.514. The lowest BCUT2D eigenvalue weighted by molar-refractivity contribution is -0.122. The van der Waals surface area contributed by atoms with E-state index in [1.807, 2.05) is 0 Å². The molecule has 0 aliphatic carbocycles. The SMILES string of the molecule is COCCNCc1cc(F)cc(OCC(=O)NCC#N)c1. The van der Waals surface area contributed by atoms with Crippen LogP contribution in [-0.2, 0) is 16.1 Å². The first-order chi connectivity index (χ1) is 10.2. The number of amides is 1. The Morgan fingerprint density at radius 3 is 2.95 bits per heavy atom. The molecular formula is C14H18FN3O3. The molecule has 0 atom stereocenters. The number of carbonyl (C=O) groups is 1. The van der Waals surface area contributed by atoms with E-state index < -0.39 is 11.7 Å². The lowest BCUT2D eigenvalue weighted by Gasteiger charge is -2.09. The Morgan fingerprint density at radius 2 is 2.24 bits per heavy atom. The fourth-order valence-electron chi connectivity index (χ4n) is 1.55. The van der Waals surface area contributed by atoms with Gasteiger partial charge in [-0.1, -0.05) is 0 Å². The monoisotopic (exact) mass is 295 g/mol. The number of rotatable bonds is 9. The van der Waals surface area contributed by atoms with Crippen molar-refractivity contribution in [1.29, 1.82) is 5.26 Å². The highest BCUT2D eigenvalue weighted by molar-refractivity contribution is 5.77. The van der Waals surface area contributed by atoms with E-state index in [0.29, 0.717) is 25.3 Å². The lowest BCUT2D eigenvalue weighted by atomic mass is 10.2. The van der Waals surface area contributed by atoms with E-state index in [2.05, 4.69) is 10.6 Å². The molecule has 1 amide bonds. The van der Waals surface area contributed by atoms with Gasteiger partial charge < -0.3 is 20.1 Å². The maximum atomic E-state index is 13.5. The predicted molar refractivity (Wildman–Crippen MR) is 74.1 cm³/mol. The van der Waals surface area contributed by atoms with Crippen LogP contribution in [0.4, 0.5) is 4.39 Å². The fourth-order valence-corrected chi connectivity index (χ4v) is 1.55. The number of hydrogen-bond acceptors (Lipinski definition) is 5. The lowest BCUT2D eigenvalue weighted by Crippen LogP contribution is -2.29. The third-order valence-electron chi connectivity index (χ3n) is 2.48. The summed E-state index contributed by atoms with van der Waals surface area (Å²) >= 11 is 0. The molecular weight excluding hydrogens is 277 g/mol. The maximum Gasteiger partial charge on any atom is 0.258 e. The van der Waals surface area contributed by atoms with Crippen LogP contribution in [0.3, 0.4) is 0 Å². The first kappa shape index (κ1) is 16.9. The molecule has 6 nitrogen and oxygen atoms in total. The van der Waals surface area contributed by atoms with Gasteiger partial charge in [-0.15, -0.1) is 0 Å². The van der Waals surface area contributed by atoms with Gasteiger partial charge in [-0.25, -0.2) is 4.39 Å². The molecule has 0 radical (unpaired) electrons. The first-order valence-electron chi connectivity index (χ1n) is 6.41. The predicted octanol–water partition coefficient (Wildman–Crippen LogP) is 0.580. The van der Waals surface area contributed by atoms with E-state index in [0.717, 1.165) is 0 Å². The number of nitrogens with zero attached hydrogens (tertiary/aromatic N) is 1. The fraction of sp³-hybridized carbons (Fsp3) is 0.429. The van der Waals surface area contributed by atoms with E-state index in [-0.39, 0.29) is 18.9 Å². The van der Waals surface area contributed by atoms with Crippen LogP contribution in [0.1, 0.15) is 5.56 Å². The average Bonchev–Trinajstić information content (AvgIpc) is 2.47. The minimum absolute atomic E-state index is 0.0833. The van der Waals surface area contributed by atoms with E-state index in [1.54, 1.807) is 19.2 Å². The van der Waals surface area contributed by atoms with Gasteiger partial charge in [0.05, 0.1) is 12.7 Å².